The smallest absolute Gasteiger partial charge is 0.0994 e. The first-order valence-electron chi connectivity index (χ1n) is 6.16. The van der Waals surface area contributed by atoms with Gasteiger partial charge in [-0.15, -0.1) is 0 Å². The van der Waals surface area contributed by atoms with Crippen molar-refractivity contribution in [3.63, 3.8) is 0 Å². The van der Waals surface area contributed by atoms with E-state index in [4.69, 9.17) is 5.26 Å². The Morgan fingerprint density at radius 2 is 2.35 bits per heavy atom. The van der Waals surface area contributed by atoms with E-state index in [1.165, 1.54) is 25.0 Å². The lowest BCUT2D eigenvalue weighted by molar-refractivity contribution is 0.677. The Morgan fingerprint density at radius 1 is 1.47 bits per heavy atom. The van der Waals surface area contributed by atoms with Gasteiger partial charge in [-0.05, 0) is 49.3 Å². The third-order valence-electron chi connectivity index (χ3n) is 3.15. The second-order valence-corrected chi connectivity index (χ2v) is 5.92. The summed E-state index contributed by atoms with van der Waals surface area (Å²) in [5, 5.41) is 13.1. The monoisotopic (exact) mass is 246 g/mol. The normalized spacial score (nSPS) is 19.6. The van der Waals surface area contributed by atoms with Crippen LogP contribution in [0, 0.1) is 18.3 Å². The van der Waals surface area contributed by atoms with E-state index in [1.54, 1.807) is 0 Å². The Kier molecular flexibility index (Phi) is 4.33. The van der Waals surface area contributed by atoms with Crippen LogP contribution in [-0.2, 0) is 0 Å². The van der Waals surface area contributed by atoms with Gasteiger partial charge in [0.25, 0.3) is 0 Å². The molecule has 1 atom stereocenters. The minimum Gasteiger partial charge on any atom is -0.384 e. The van der Waals surface area contributed by atoms with Gasteiger partial charge in [-0.1, -0.05) is 6.42 Å². The Hall–Kier alpha value is -1.14. The van der Waals surface area contributed by atoms with Crippen molar-refractivity contribution in [1.82, 2.24) is 0 Å². The lowest BCUT2D eigenvalue weighted by Crippen LogP contribution is -2.19. The van der Waals surface area contributed by atoms with Crippen LogP contribution in [-0.4, -0.2) is 17.5 Å². The molecule has 1 aliphatic heterocycles. The predicted molar refractivity (Wildman–Crippen MR) is 74.5 cm³/mol. The van der Waals surface area contributed by atoms with Crippen molar-refractivity contribution in [1.29, 1.82) is 5.26 Å². The molecule has 1 heterocycles. The summed E-state index contributed by atoms with van der Waals surface area (Å²) in [4.78, 5) is 0. The quantitative estimate of drug-likeness (QED) is 0.885. The van der Waals surface area contributed by atoms with Gasteiger partial charge in [0.2, 0.25) is 0 Å². The molecule has 1 aromatic carbocycles. The average Bonchev–Trinajstić information content (AvgIpc) is 2.38. The SMILES string of the molecule is Cc1cc(NCC2CCCCS2)ccc1C#N. The second-order valence-electron chi connectivity index (χ2n) is 4.51. The number of benzene rings is 1. The number of nitrogens with zero attached hydrogens (tertiary/aromatic N) is 1. The molecule has 1 fully saturated rings. The molecule has 0 bridgehead atoms. The topological polar surface area (TPSA) is 35.8 Å². The maximum absolute atomic E-state index is 8.87. The highest BCUT2D eigenvalue weighted by atomic mass is 32.2. The summed E-state index contributed by atoms with van der Waals surface area (Å²) in [6, 6.07) is 8.15. The molecule has 90 valence electrons. The molecule has 2 rings (SSSR count). The maximum Gasteiger partial charge on any atom is 0.0994 e. The van der Waals surface area contributed by atoms with Crippen molar-refractivity contribution in [3.05, 3.63) is 29.3 Å². The number of anilines is 1. The number of aryl methyl sites for hydroxylation is 1. The molecule has 0 spiro atoms. The molecule has 0 aliphatic carbocycles. The summed E-state index contributed by atoms with van der Waals surface area (Å²) in [5.74, 6) is 1.30. The Labute approximate surface area is 107 Å². The number of thioether (sulfide) groups is 1. The largest absolute Gasteiger partial charge is 0.384 e. The molecular weight excluding hydrogens is 228 g/mol. The molecule has 0 radical (unpaired) electrons. The fourth-order valence-corrected chi connectivity index (χ4v) is 3.34. The zero-order chi connectivity index (χ0) is 12.1. The number of nitriles is 1. The first kappa shape index (κ1) is 12.3. The summed E-state index contributed by atoms with van der Waals surface area (Å²) < 4.78 is 0. The maximum atomic E-state index is 8.87. The summed E-state index contributed by atoms with van der Waals surface area (Å²) in [6.07, 6.45) is 4.07. The first-order chi connectivity index (χ1) is 8.29. The van der Waals surface area contributed by atoms with Gasteiger partial charge < -0.3 is 5.32 Å². The van der Waals surface area contributed by atoms with E-state index in [-0.39, 0.29) is 0 Å². The van der Waals surface area contributed by atoms with Crippen LogP contribution < -0.4 is 5.32 Å². The lowest BCUT2D eigenvalue weighted by Gasteiger charge is -2.22. The van der Waals surface area contributed by atoms with Crippen LogP contribution in [0.5, 0.6) is 0 Å². The Morgan fingerprint density at radius 3 is 3.00 bits per heavy atom. The van der Waals surface area contributed by atoms with Gasteiger partial charge in [0.15, 0.2) is 0 Å². The van der Waals surface area contributed by atoms with Crippen molar-refractivity contribution in [3.8, 4) is 6.07 Å². The molecular formula is C14H18N2S. The van der Waals surface area contributed by atoms with Crippen molar-refractivity contribution in [2.75, 3.05) is 17.6 Å². The van der Waals surface area contributed by atoms with Gasteiger partial charge in [-0.3, -0.25) is 0 Å². The molecule has 1 saturated heterocycles. The van der Waals surface area contributed by atoms with Crippen molar-refractivity contribution in [2.24, 2.45) is 0 Å². The van der Waals surface area contributed by atoms with Gasteiger partial charge in [-0.25, -0.2) is 0 Å². The van der Waals surface area contributed by atoms with Crippen molar-refractivity contribution < 1.29 is 0 Å². The molecule has 0 aromatic heterocycles. The molecule has 1 aliphatic rings. The molecule has 2 nitrogen and oxygen atoms in total. The van der Waals surface area contributed by atoms with Crippen LogP contribution in [0.4, 0.5) is 5.69 Å². The fourth-order valence-electron chi connectivity index (χ4n) is 2.10. The van der Waals surface area contributed by atoms with Crippen LogP contribution in [0.3, 0.4) is 0 Å². The highest BCUT2D eigenvalue weighted by Gasteiger charge is 2.13. The van der Waals surface area contributed by atoms with Gasteiger partial charge in [0.05, 0.1) is 11.6 Å². The highest BCUT2D eigenvalue weighted by molar-refractivity contribution is 7.99. The van der Waals surface area contributed by atoms with E-state index in [0.29, 0.717) is 0 Å². The van der Waals surface area contributed by atoms with E-state index < -0.39 is 0 Å². The van der Waals surface area contributed by atoms with Crippen LogP contribution in [0.25, 0.3) is 0 Å². The molecule has 17 heavy (non-hydrogen) atoms. The summed E-state index contributed by atoms with van der Waals surface area (Å²) in [6.45, 7) is 3.02. The summed E-state index contributed by atoms with van der Waals surface area (Å²) in [7, 11) is 0. The van der Waals surface area contributed by atoms with Gasteiger partial charge in [0.1, 0.15) is 0 Å². The van der Waals surface area contributed by atoms with E-state index in [2.05, 4.69) is 29.2 Å². The van der Waals surface area contributed by atoms with E-state index in [9.17, 15) is 0 Å². The van der Waals surface area contributed by atoms with Crippen LogP contribution in [0.2, 0.25) is 0 Å². The van der Waals surface area contributed by atoms with Gasteiger partial charge in [-0.2, -0.15) is 17.0 Å². The summed E-state index contributed by atoms with van der Waals surface area (Å²) in [5.41, 5.74) is 2.95. The number of nitrogens with one attached hydrogen (secondary N) is 1. The standard InChI is InChI=1S/C14H18N2S/c1-11-8-13(6-5-12(11)9-15)16-10-14-4-2-3-7-17-14/h5-6,8,14,16H,2-4,7,10H2,1H3. The average molecular weight is 246 g/mol. The Balaban J connectivity index is 1.90. The molecule has 1 unspecified atom stereocenters. The first-order valence-corrected chi connectivity index (χ1v) is 7.20. The minimum absolute atomic E-state index is 0.750. The van der Waals surface area contributed by atoms with Crippen LogP contribution in [0.15, 0.2) is 18.2 Å². The van der Waals surface area contributed by atoms with Gasteiger partial charge in [0, 0.05) is 17.5 Å². The van der Waals surface area contributed by atoms with Gasteiger partial charge >= 0.3 is 0 Å². The molecule has 1 aromatic rings. The van der Waals surface area contributed by atoms with Crippen LogP contribution in [0.1, 0.15) is 30.4 Å². The molecule has 3 heteroatoms. The number of rotatable bonds is 3. The third kappa shape index (κ3) is 3.41. The number of hydrogen-bond acceptors (Lipinski definition) is 3. The predicted octanol–water partition coefficient (Wildman–Crippen LogP) is 3.56. The minimum atomic E-state index is 0.750. The van der Waals surface area contributed by atoms with E-state index in [0.717, 1.165) is 28.6 Å². The van der Waals surface area contributed by atoms with E-state index >= 15 is 0 Å². The Bertz CT molecular complexity index is 417. The lowest BCUT2D eigenvalue weighted by atomic mass is 10.1. The fraction of sp³-hybridized carbons (Fsp3) is 0.500. The molecule has 1 N–H and O–H groups in total. The van der Waals surface area contributed by atoms with Crippen LogP contribution >= 0.6 is 11.8 Å². The zero-order valence-electron chi connectivity index (χ0n) is 10.2. The van der Waals surface area contributed by atoms with Crippen molar-refractivity contribution >= 4 is 17.4 Å². The van der Waals surface area contributed by atoms with E-state index in [1.807, 2.05) is 19.1 Å². The second kappa shape index (κ2) is 5.97. The molecule has 0 saturated carbocycles. The highest BCUT2D eigenvalue weighted by Crippen LogP contribution is 2.25. The zero-order valence-corrected chi connectivity index (χ0v) is 11.0. The van der Waals surface area contributed by atoms with Crippen molar-refractivity contribution in [2.45, 2.75) is 31.4 Å². The third-order valence-corrected chi connectivity index (χ3v) is 4.55. The summed E-state index contributed by atoms with van der Waals surface area (Å²) >= 11 is 2.08. The number of hydrogen-bond donors (Lipinski definition) is 1. The molecule has 0 amide bonds.